The predicted molar refractivity (Wildman–Crippen MR) is 93.2 cm³/mol. The van der Waals surface area contributed by atoms with Gasteiger partial charge in [-0.1, -0.05) is 23.2 Å². The van der Waals surface area contributed by atoms with Gasteiger partial charge < -0.3 is 10.1 Å². The first-order valence-corrected chi connectivity index (χ1v) is 8.12. The summed E-state index contributed by atoms with van der Waals surface area (Å²) in [5.41, 5.74) is 1.47. The van der Waals surface area contributed by atoms with Crippen LogP contribution in [0.25, 0.3) is 10.2 Å². The summed E-state index contributed by atoms with van der Waals surface area (Å²) in [6.07, 6.45) is 1.44. The third kappa shape index (κ3) is 3.10. The minimum Gasteiger partial charge on any atom is -0.465 e. The van der Waals surface area contributed by atoms with Crippen molar-refractivity contribution >= 4 is 62.2 Å². The van der Waals surface area contributed by atoms with Crippen molar-refractivity contribution in [2.45, 2.75) is 6.92 Å². The number of thiophene rings is 1. The van der Waals surface area contributed by atoms with Crippen LogP contribution < -0.4 is 5.32 Å². The van der Waals surface area contributed by atoms with Crippen LogP contribution in [0.5, 0.6) is 0 Å². The van der Waals surface area contributed by atoms with E-state index in [1.165, 1.54) is 24.8 Å². The number of hydrogen-bond acceptors (Lipinski definition) is 6. The van der Waals surface area contributed by atoms with Crippen molar-refractivity contribution in [1.82, 2.24) is 9.97 Å². The number of aryl methyl sites for hydroxylation is 1. The molecule has 0 aliphatic heterocycles. The summed E-state index contributed by atoms with van der Waals surface area (Å²) in [5, 5.41) is 4.98. The van der Waals surface area contributed by atoms with Crippen molar-refractivity contribution in [3.8, 4) is 0 Å². The molecule has 0 radical (unpaired) electrons. The molecule has 0 aliphatic carbocycles. The molecule has 0 spiro atoms. The quantitative estimate of drug-likeness (QED) is 0.671. The summed E-state index contributed by atoms with van der Waals surface area (Å²) < 4.78 is 4.80. The van der Waals surface area contributed by atoms with Crippen molar-refractivity contribution < 1.29 is 9.53 Å². The van der Waals surface area contributed by atoms with Crippen LogP contribution in [0.2, 0.25) is 10.0 Å². The number of nitrogens with zero attached hydrogens (tertiary/aromatic N) is 2. The molecule has 0 fully saturated rings. The maximum atomic E-state index is 11.8. The van der Waals surface area contributed by atoms with Gasteiger partial charge in [0.15, 0.2) is 0 Å². The Balaban J connectivity index is 2.10. The van der Waals surface area contributed by atoms with Gasteiger partial charge in [0, 0.05) is 15.7 Å². The minimum atomic E-state index is -0.387. The van der Waals surface area contributed by atoms with Crippen LogP contribution >= 0.6 is 34.5 Å². The first kappa shape index (κ1) is 16.0. The molecule has 0 aliphatic rings. The second-order valence-electron chi connectivity index (χ2n) is 4.73. The molecule has 8 heteroatoms. The van der Waals surface area contributed by atoms with E-state index in [-0.39, 0.29) is 5.97 Å². The highest BCUT2D eigenvalue weighted by atomic mass is 35.5. The van der Waals surface area contributed by atoms with E-state index in [0.29, 0.717) is 31.3 Å². The van der Waals surface area contributed by atoms with E-state index < -0.39 is 0 Å². The number of carbonyl (C=O) groups excluding carboxylic acids is 1. The fourth-order valence-electron chi connectivity index (χ4n) is 2.22. The molecule has 0 amide bonds. The number of hydrogen-bond donors (Lipinski definition) is 1. The highest BCUT2D eigenvalue weighted by molar-refractivity contribution is 7.20. The smallest absolute Gasteiger partial charge is 0.348 e. The van der Waals surface area contributed by atoms with Crippen molar-refractivity contribution in [2.24, 2.45) is 0 Å². The SMILES string of the molecule is COC(=O)c1sc2ncnc(Nc3cc(Cl)cc(Cl)c3)c2c1C. The molecule has 5 nitrogen and oxygen atoms in total. The van der Waals surface area contributed by atoms with Gasteiger partial charge in [0.05, 0.1) is 12.5 Å². The first-order valence-electron chi connectivity index (χ1n) is 6.55. The number of anilines is 2. The van der Waals surface area contributed by atoms with Gasteiger partial charge in [-0.3, -0.25) is 0 Å². The molecule has 2 heterocycles. The van der Waals surface area contributed by atoms with Crippen molar-refractivity contribution in [3.63, 3.8) is 0 Å². The molecule has 0 saturated carbocycles. The largest absolute Gasteiger partial charge is 0.465 e. The summed E-state index contributed by atoms with van der Waals surface area (Å²) in [5.74, 6) is 0.194. The maximum absolute atomic E-state index is 11.8. The van der Waals surface area contributed by atoms with Gasteiger partial charge in [-0.05, 0) is 30.7 Å². The number of fused-ring (bicyclic) bond motifs is 1. The number of carbonyl (C=O) groups is 1. The molecule has 2 aromatic heterocycles. The number of nitrogens with one attached hydrogen (secondary N) is 1. The lowest BCUT2D eigenvalue weighted by atomic mass is 10.2. The molecular weight excluding hydrogens is 357 g/mol. The molecule has 0 saturated heterocycles. The number of ether oxygens (including phenoxy) is 1. The number of aromatic nitrogens is 2. The highest BCUT2D eigenvalue weighted by Gasteiger charge is 2.19. The van der Waals surface area contributed by atoms with E-state index in [2.05, 4.69) is 15.3 Å². The van der Waals surface area contributed by atoms with Crippen LogP contribution in [0, 0.1) is 6.92 Å². The number of benzene rings is 1. The molecule has 3 aromatic rings. The van der Waals surface area contributed by atoms with Gasteiger partial charge in [0.25, 0.3) is 0 Å². The molecule has 0 atom stereocenters. The minimum absolute atomic E-state index is 0.387. The van der Waals surface area contributed by atoms with E-state index in [9.17, 15) is 4.79 Å². The topological polar surface area (TPSA) is 64.1 Å². The number of esters is 1. The van der Waals surface area contributed by atoms with Crippen LogP contribution in [0.4, 0.5) is 11.5 Å². The van der Waals surface area contributed by atoms with E-state index in [4.69, 9.17) is 27.9 Å². The Bertz CT molecular complexity index is 891. The molecule has 0 unspecified atom stereocenters. The molecule has 1 aromatic carbocycles. The fourth-order valence-corrected chi connectivity index (χ4v) is 3.81. The first-order chi connectivity index (χ1) is 11.0. The standard InChI is InChI=1S/C15H11Cl2N3O2S/c1-7-11-13(20-10-4-8(16)3-9(17)5-10)18-6-19-14(11)23-12(7)15(21)22-2/h3-6H,1-2H3,(H,18,19,20). The summed E-state index contributed by atoms with van der Waals surface area (Å²) in [4.78, 5) is 21.6. The lowest BCUT2D eigenvalue weighted by molar-refractivity contribution is 0.0605. The van der Waals surface area contributed by atoms with Crippen molar-refractivity contribution in [3.05, 3.63) is 45.0 Å². The Morgan fingerprint density at radius 1 is 1.22 bits per heavy atom. The van der Waals surface area contributed by atoms with E-state index in [1.54, 1.807) is 18.2 Å². The lowest BCUT2D eigenvalue weighted by Gasteiger charge is -2.08. The summed E-state index contributed by atoms with van der Waals surface area (Å²) >= 11 is 13.3. The van der Waals surface area contributed by atoms with Gasteiger partial charge in [0.2, 0.25) is 0 Å². The van der Waals surface area contributed by atoms with Gasteiger partial charge in [-0.15, -0.1) is 11.3 Å². The normalized spacial score (nSPS) is 10.8. The predicted octanol–water partition coefficient (Wildman–Crippen LogP) is 4.84. The Hall–Kier alpha value is -1.89. The van der Waals surface area contributed by atoms with Crippen molar-refractivity contribution in [1.29, 1.82) is 0 Å². The summed E-state index contributed by atoms with van der Waals surface area (Å²) in [6.45, 7) is 1.84. The monoisotopic (exact) mass is 367 g/mol. The molecule has 0 bridgehead atoms. The molecule has 23 heavy (non-hydrogen) atoms. The number of methoxy groups -OCH3 is 1. The second-order valence-corrected chi connectivity index (χ2v) is 6.61. The number of rotatable bonds is 3. The third-order valence-electron chi connectivity index (χ3n) is 3.22. The average molecular weight is 368 g/mol. The summed E-state index contributed by atoms with van der Waals surface area (Å²) in [7, 11) is 1.35. The Kier molecular flexibility index (Phi) is 4.39. The van der Waals surface area contributed by atoms with E-state index in [0.717, 1.165) is 10.9 Å². The van der Waals surface area contributed by atoms with Gasteiger partial charge in [-0.25, -0.2) is 14.8 Å². The Labute approximate surface area is 146 Å². The van der Waals surface area contributed by atoms with Gasteiger partial charge in [-0.2, -0.15) is 0 Å². The van der Waals surface area contributed by atoms with Crippen LogP contribution in [-0.4, -0.2) is 23.0 Å². The fraction of sp³-hybridized carbons (Fsp3) is 0.133. The van der Waals surface area contributed by atoms with Crippen LogP contribution in [0.3, 0.4) is 0 Å². The van der Waals surface area contributed by atoms with Gasteiger partial charge >= 0.3 is 5.97 Å². The molecule has 1 N–H and O–H groups in total. The van der Waals surface area contributed by atoms with Gasteiger partial charge in [0.1, 0.15) is 21.9 Å². The Morgan fingerprint density at radius 3 is 2.57 bits per heavy atom. The lowest BCUT2D eigenvalue weighted by Crippen LogP contribution is -2.00. The second kappa shape index (κ2) is 6.31. The zero-order chi connectivity index (χ0) is 16.6. The van der Waals surface area contributed by atoms with Crippen LogP contribution in [0.15, 0.2) is 24.5 Å². The zero-order valence-electron chi connectivity index (χ0n) is 12.2. The average Bonchev–Trinajstić information content (AvgIpc) is 2.84. The van der Waals surface area contributed by atoms with E-state index >= 15 is 0 Å². The maximum Gasteiger partial charge on any atom is 0.348 e. The van der Waals surface area contributed by atoms with Crippen LogP contribution in [0.1, 0.15) is 15.2 Å². The highest BCUT2D eigenvalue weighted by Crippen LogP contribution is 2.35. The third-order valence-corrected chi connectivity index (χ3v) is 4.84. The van der Waals surface area contributed by atoms with E-state index in [1.807, 2.05) is 6.92 Å². The van der Waals surface area contributed by atoms with Crippen LogP contribution in [-0.2, 0) is 4.74 Å². The van der Waals surface area contributed by atoms with Crippen molar-refractivity contribution in [2.75, 3.05) is 12.4 Å². The summed E-state index contributed by atoms with van der Waals surface area (Å²) in [6, 6.07) is 5.13. The Morgan fingerprint density at radius 2 is 1.91 bits per heavy atom. The zero-order valence-corrected chi connectivity index (χ0v) is 14.5. The molecule has 118 valence electrons. The number of halogens is 2. The molecular formula is C15H11Cl2N3O2S. The molecule has 3 rings (SSSR count).